The van der Waals surface area contributed by atoms with Crippen molar-refractivity contribution < 1.29 is 14.7 Å². The number of hydrogen-bond acceptors (Lipinski definition) is 5. The third-order valence-electron chi connectivity index (χ3n) is 4.16. The number of carbonyl (C=O) groups excluding carboxylic acids is 1. The minimum atomic E-state index is -0.433. The van der Waals surface area contributed by atoms with Crippen LogP contribution in [0.25, 0.3) is 0 Å². The Kier molecular flexibility index (Phi) is 4.90. The van der Waals surface area contributed by atoms with Crippen molar-refractivity contribution in [2.24, 2.45) is 0 Å². The van der Waals surface area contributed by atoms with Crippen LogP contribution < -0.4 is 0 Å². The van der Waals surface area contributed by atoms with Crippen molar-refractivity contribution in [2.45, 2.75) is 25.0 Å². The van der Waals surface area contributed by atoms with Crippen LogP contribution in [-0.2, 0) is 4.84 Å². The van der Waals surface area contributed by atoms with Gasteiger partial charge in [0.2, 0.25) is 0 Å². The summed E-state index contributed by atoms with van der Waals surface area (Å²) in [7, 11) is 0. The number of benzene rings is 2. The predicted octanol–water partition coefficient (Wildman–Crippen LogP) is 2.83. The van der Waals surface area contributed by atoms with Gasteiger partial charge in [-0.2, -0.15) is 5.26 Å². The monoisotopic (exact) mass is 322 g/mol. The molecule has 2 aromatic rings. The lowest BCUT2D eigenvalue weighted by Gasteiger charge is -2.36. The van der Waals surface area contributed by atoms with E-state index in [1.807, 2.05) is 18.2 Å². The molecule has 24 heavy (non-hydrogen) atoms. The summed E-state index contributed by atoms with van der Waals surface area (Å²) in [6.45, 7) is 0.463. The summed E-state index contributed by atoms with van der Waals surface area (Å²) in [6.07, 6.45) is 0.598. The highest BCUT2D eigenvalue weighted by molar-refractivity contribution is 5.89. The molecular formula is C19H18N2O3. The van der Waals surface area contributed by atoms with Crippen LogP contribution in [0.5, 0.6) is 0 Å². The maximum absolute atomic E-state index is 12.3. The van der Waals surface area contributed by atoms with Gasteiger partial charge in [0.05, 0.1) is 29.3 Å². The lowest BCUT2D eigenvalue weighted by Crippen LogP contribution is -2.40. The molecule has 0 bridgehead atoms. The van der Waals surface area contributed by atoms with E-state index in [2.05, 4.69) is 6.07 Å². The summed E-state index contributed by atoms with van der Waals surface area (Å²) in [5.74, 6) is -0.411. The molecule has 0 radical (unpaired) electrons. The number of nitrogens with zero attached hydrogens (tertiary/aromatic N) is 2. The fourth-order valence-electron chi connectivity index (χ4n) is 2.85. The second kappa shape index (κ2) is 7.26. The number of aliphatic hydroxyl groups excluding tert-OH is 1. The molecule has 0 aliphatic carbocycles. The van der Waals surface area contributed by atoms with Gasteiger partial charge in [-0.15, -0.1) is 5.06 Å². The summed E-state index contributed by atoms with van der Waals surface area (Å²) in [4.78, 5) is 17.9. The first kappa shape index (κ1) is 16.2. The maximum atomic E-state index is 12.3. The van der Waals surface area contributed by atoms with Crippen molar-refractivity contribution >= 4 is 5.97 Å². The number of hydrogen-bond donors (Lipinski definition) is 1. The number of hydroxylamine groups is 2. The SMILES string of the molecule is N#Cc1ccc(C2CC(O)CCN2OC(=O)c2ccccc2)cc1. The highest BCUT2D eigenvalue weighted by atomic mass is 16.7. The molecule has 2 aromatic carbocycles. The van der Waals surface area contributed by atoms with Crippen LogP contribution in [0.15, 0.2) is 54.6 Å². The van der Waals surface area contributed by atoms with Crippen LogP contribution in [0.4, 0.5) is 0 Å². The summed E-state index contributed by atoms with van der Waals surface area (Å²) in [5, 5.41) is 20.5. The second-order valence-corrected chi connectivity index (χ2v) is 5.81. The first-order chi connectivity index (χ1) is 11.7. The molecule has 1 aliphatic heterocycles. The van der Waals surface area contributed by atoms with Crippen molar-refractivity contribution in [2.75, 3.05) is 6.54 Å². The quantitative estimate of drug-likeness (QED) is 0.940. The zero-order valence-electron chi connectivity index (χ0n) is 13.1. The average Bonchev–Trinajstić information content (AvgIpc) is 2.64. The Morgan fingerprint density at radius 1 is 1.17 bits per heavy atom. The molecule has 0 aromatic heterocycles. The first-order valence-electron chi connectivity index (χ1n) is 7.89. The Balaban J connectivity index is 1.79. The standard InChI is InChI=1S/C19H18N2O3/c20-13-14-6-8-15(9-7-14)18-12-17(22)10-11-21(18)24-19(23)16-4-2-1-3-5-16/h1-9,17-18,22H,10-12H2. The molecular weight excluding hydrogens is 304 g/mol. The normalized spacial score (nSPS) is 21.0. The Bertz CT molecular complexity index is 737. The number of nitriles is 1. The molecule has 1 N–H and O–H groups in total. The largest absolute Gasteiger partial charge is 0.393 e. The number of piperidine rings is 1. The van der Waals surface area contributed by atoms with Gasteiger partial charge in [-0.05, 0) is 42.7 Å². The molecule has 1 aliphatic rings. The van der Waals surface area contributed by atoms with E-state index < -0.39 is 12.1 Å². The molecule has 1 heterocycles. The van der Waals surface area contributed by atoms with E-state index in [0.717, 1.165) is 5.56 Å². The Labute approximate surface area is 140 Å². The lowest BCUT2D eigenvalue weighted by molar-refractivity contribution is -0.167. The minimum absolute atomic E-state index is 0.228. The molecule has 5 nitrogen and oxygen atoms in total. The summed E-state index contributed by atoms with van der Waals surface area (Å²) in [5.41, 5.74) is 1.97. The Hall–Kier alpha value is -2.68. The Morgan fingerprint density at radius 3 is 2.54 bits per heavy atom. The smallest absolute Gasteiger partial charge is 0.357 e. The molecule has 2 unspecified atom stereocenters. The fourth-order valence-corrected chi connectivity index (χ4v) is 2.85. The van der Waals surface area contributed by atoms with Crippen molar-refractivity contribution in [3.8, 4) is 6.07 Å². The van der Waals surface area contributed by atoms with Gasteiger partial charge in [0, 0.05) is 6.54 Å². The van der Waals surface area contributed by atoms with Crippen LogP contribution in [0, 0.1) is 11.3 Å². The van der Waals surface area contributed by atoms with E-state index in [0.29, 0.717) is 30.5 Å². The van der Waals surface area contributed by atoms with Gasteiger partial charge in [0.25, 0.3) is 0 Å². The predicted molar refractivity (Wildman–Crippen MR) is 87.7 cm³/mol. The number of rotatable bonds is 3. The zero-order valence-corrected chi connectivity index (χ0v) is 13.1. The van der Waals surface area contributed by atoms with Gasteiger partial charge in [-0.3, -0.25) is 0 Å². The first-order valence-corrected chi connectivity index (χ1v) is 7.89. The molecule has 5 heteroatoms. The van der Waals surface area contributed by atoms with Gasteiger partial charge in [0.1, 0.15) is 0 Å². The third-order valence-corrected chi connectivity index (χ3v) is 4.16. The van der Waals surface area contributed by atoms with Gasteiger partial charge in [0.15, 0.2) is 0 Å². The molecule has 1 fully saturated rings. The molecule has 1 saturated heterocycles. The molecule has 2 atom stereocenters. The summed E-state index contributed by atoms with van der Waals surface area (Å²) >= 11 is 0. The number of carbonyl (C=O) groups is 1. The van der Waals surface area contributed by atoms with Gasteiger partial charge in [-0.1, -0.05) is 30.3 Å². The third kappa shape index (κ3) is 3.62. The molecule has 3 rings (SSSR count). The van der Waals surface area contributed by atoms with Crippen LogP contribution in [-0.4, -0.2) is 28.8 Å². The zero-order chi connectivity index (χ0) is 16.9. The van der Waals surface area contributed by atoms with Gasteiger partial charge < -0.3 is 9.94 Å². The van der Waals surface area contributed by atoms with E-state index in [1.165, 1.54) is 0 Å². The molecule has 0 saturated carbocycles. The fraction of sp³-hybridized carbons (Fsp3) is 0.263. The van der Waals surface area contributed by atoms with Crippen molar-refractivity contribution in [3.63, 3.8) is 0 Å². The second-order valence-electron chi connectivity index (χ2n) is 5.81. The lowest BCUT2D eigenvalue weighted by atomic mass is 9.94. The molecule has 0 amide bonds. The van der Waals surface area contributed by atoms with E-state index in [4.69, 9.17) is 10.1 Å². The highest BCUT2D eigenvalue weighted by Crippen LogP contribution is 2.31. The van der Waals surface area contributed by atoms with Gasteiger partial charge >= 0.3 is 5.97 Å². The topological polar surface area (TPSA) is 73.6 Å². The average molecular weight is 322 g/mol. The van der Waals surface area contributed by atoms with Crippen molar-refractivity contribution in [3.05, 3.63) is 71.3 Å². The van der Waals surface area contributed by atoms with E-state index in [9.17, 15) is 9.90 Å². The molecule has 122 valence electrons. The highest BCUT2D eigenvalue weighted by Gasteiger charge is 2.31. The van der Waals surface area contributed by atoms with Crippen molar-refractivity contribution in [1.82, 2.24) is 5.06 Å². The number of aliphatic hydroxyl groups is 1. The summed E-state index contributed by atoms with van der Waals surface area (Å²) in [6, 6.07) is 17.8. The van der Waals surface area contributed by atoms with Gasteiger partial charge in [-0.25, -0.2) is 4.79 Å². The van der Waals surface area contributed by atoms with Crippen LogP contribution >= 0.6 is 0 Å². The van der Waals surface area contributed by atoms with E-state index in [1.54, 1.807) is 41.5 Å². The van der Waals surface area contributed by atoms with Crippen molar-refractivity contribution in [1.29, 1.82) is 5.26 Å². The van der Waals surface area contributed by atoms with Crippen LogP contribution in [0.3, 0.4) is 0 Å². The summed E-state index contributed by atoms with van der Waals surface area (Å²) < 4.78 is 0. The Morgan fingerprint density at radius 2 is 1.88 bits per heavy atom. The van der Waals surface area contributed by atoms with E-state index >= 15 is 0 Å². The molecule has 0 spiro atoms. The maximum Gasteiger partial charge on any atom is 0.357 e. The van der Waals surface area contributed by atoms with Crippen LogP contribution in [0.1, 0.15) is 40.4 Å². The minimum Gasteiger partial charge on any atom is -0.393 e. The van der Waals surface area contributed by atoms with Crippen LogP contribution in [0.2, 0.25) is 0 Å². The van der Waals surface area contributed by atoms with E-state index in [-0.39, 0.29) is 6.04 Å².